The van der Waals surface area contributed by atoms with Gasteiger partial charge in [0.15, 0.2) is 0 Å². The van der Waals surface area contributed by atoms with Gasteiger partial charge in [-0.25, -0.2) is 0 Å². The molecule has 0 aliphatic carbocycles. The lowest BCUT2D eigenvalue weighted by Gasteiger charge is -2.09. The summed E-state index contributed by atoms with van der Waals surface area (Å²) in [6.45, 7) is 2.48. The van der Waals surface area contributed by atoms with Crippen LogP contribution in [0.1, 0.15) is 12.5 Å². The van der Waals surface area contributed by atoms with E-state index in [1.807, 2.05) is 6.92 Å². The first kappa shape index (κ1) is 11.7. The summed E-state index contributed by atoms with van der Waals surface area (Å²) in [5.74, 6) is 0. The number of alkyl halides is 3. The van der Waals surface area contributed by atoms with Gasteiger partial charge in [0.2, 0.25) is 0 Å². The van der Waals surface area contributed by atoms with Crippen LogP contribution in [0.2, 0.25) is 0 Å². The van der Waals surface area contributed by atoms with Gasteiger partial charge in [-0.15, -0.1) is 0 Å². The molecule has 0 saturated carbocycles. The Balaban J connectivity index is 2.45. The van der Waals surface area contributed by atoms with Gasteiger partial charge in [-0.1, -0.05) is 0 Å². The highest BCUT2D eigenvalue weighted by Crippen LogP contribution is 2.39. The number of halogens is 3. The molecule has 0 amide bonds. The number of benzene rings is 1. The monoisotopic (exact) mass is 246 g/mol. The zero-order valence-electron chi connectivity index (χ0n) is 8.86. The van der Waals surface area contributed by atoms with Crippen molar-refractivity contribution < 1.29 is 18.1 Å². The molecule has 7 heteroatoms. The van der Waals surface area contributed by atoms with Crippen molar-refractivity contribution in [3.63, 3.8) is 0 Å². The van der Waals surface area contributed by atoms with Gasteiger partial charge in [0.1, 0.15) is 5.69 Å². The van der Waals surface area contributed by atoms with E-state index in [2.05, 4.69) is 0 Å². The Hall–Kier alpha value is -1.79. The van der Waals surface area contributed by atoms with E-state index < -0.39 is 22.4 Å². The van der Waals surface area contributed by atoms with E-state index >= 15 is 0 Å². The second-order valence-electron chi connectivity index (χ2n) is 3.96. The first-order valence-corrected chi connectivity index (χ1v) is 4.93. The number of nitrogens with zero attached hydrogens (tertiary/aromatic N) is 2. The summed E-state index contributed by atoms with van der Waals surface area (Å²) >= 11 is 0. The lowest BCUT2D eigenvalue weighted by molar-refractivity contribution is -0.384. The minimum atomic E-state index is -4.56. The number of nitro groups is 1. The van der Waals surface area contributed by atoms with E-state index in [-0.39, 0.29) is 11.7 Å². The van der Waals surface area contributed by atoms with Crippen LogP contribution in [-0.2, 0) is 6.18 Å². The van der Waals surface area contributed by atoms with Gasteiger partial charge in [0.25, 0.3) is 5.69 Å². The third kappa shape index (κ3) is 2.17. The van der Waals surface area contributed by atoms with E-state index in [1.54, 1.807) is 4.90 Å². The Morgan fingerprint density at radius 3 is 2.47 bits per heavy atom. The van der Waals surface area contributed by atoms with Crippen molar-refractivity contribution in [3.05, 3.63) is 33.9 Å². The van der Waals surface area contributed by atoms with Crippen LogP contribution in [-0.4, -0.2) is 17.5 Å². The molecule has 1 aliphatic heterocycles. The predicted molar refractivity (Wildman–Crippen MR) is 54.9 cm³/mol. The number of rotatable bonds is 2. The fourth-order valence-corrected chi connectivity index (χ4v) is 1.66. The summed E-state index contributed by atoms with van der Waals surface area (Å²) in [4.78, 5) is 11.6. The van der Waals surface area contributed by atoms with Crippen LogP contribution in [0.3, 0.4) is 0 Å². The molecule has 1 unspecified atom stereocenters. The number of hydrogen-bond acceptors (Lipinski definition) is 3. The topological polar surface area (TPSA) is 46.1 Å². The largest absolute Gasteiger partial charge is 0.416 e. The number of hydrogen-bond donors (Lipinski definition) is 0. The summed E-state index contributed by atoms with van der Waals surface area (Å²) in [6, 6.07) is 2.75. The third-order valence-electron chi connectivity index (χ3n) is 2.67. The standard InChI is InChI=1S/C10H9F3N2O2/c1-6-5-14(6)8-3-2-7(10(11,12)13)4-9(8)15(16)17/h2-4,6H,5H2,1H3. The molecule has 1 heterocycles. The van der Waals surface area contributed by atoms with Gasteiger partial charge < -0.3 is 4.90 Å². The molecule has 0 spiro atoms. The third-order valence-corrected chi connectivity index (χ3v) is 2.67. The van der Waals surface area contributed by atoms with E-state index in [0.29, 0.717) is 12.6 Å². The second kappa shape index (κ2) is 3.61. The average molecular weight is 246 g/mol. The van der Waals surface area contributed by atoms with Gasteiger partial charge in [0.05, 0.1) is 10.5 Å². The molecule has 2 rings (SSSR count). The van der Waals surface area contributed by atoms with Crippen molar-refractivity contribution in [1.29, 1.82) is 0 Å². The normalized spacial score (nSPS) is 19.3. The maximum Gasteiger partial charge on any atom is 0.416 e. The van der Waals surface area contributed by atoms with Crippen molar-refractivity contribution in [3.8, 4) is 0 Å². The van der Waals surface area contributed by atoms with E-state index in [1.165, 1.54) is 0 Å². The van der Waals surface area contributed by atoms with Crippen molar-refractivity contribution in [2.45, 2.75) is 19.1 Å². The van der Waals surface area contributed by atoms with Crippen molar-refractivity contribution in [1.82, 2.24) is 0 Å². The molecule has 0 aromatic heterocycles. The number of anilines is 1. The maximum absolute atomic E-state index is 12.4. The summed E-state index contributed by atoms with van der Waals surface area (Å²) < 4.78 is 37.3. The van der Waals surface area contributed by atoms with E-state index in [9.17, 15) is 23.3 Å². The lowest BCUT2D eigenvalue weighted by atomic mass is 10.1. The molecule has 1 aromatic rings. The summed E-state index contributed by atoms with van der Waals surface area (Å²) in [7, 11) is 0. The van der Waals surface area contributed by atoms with Crippen molar-refractivity contribution in [2.24, 2.45) is 0 Å². The highest BCUT2D eigenvalue weighted by atomic mass is 19.4. The van der Waals surface area contributed by atoms with E-state index in [0.717, 1.165) is 12.1 Å². The maximum atomic E-state index is 12.4. The first-order chi connectivity index (χ1) is 7.80. The molecule has 1 aliphatic rings. The van der Waals surface area contributed by atoms with Crippen molar-refractivity contribution in [2.75, 3.05) is 11.4 Å². The van der Waals surface area contributed by atoms with Crippen LogP contribution in [0.5, 0.6) is 0 Å². The van der Waals surface area contributed by atoms with E-state index in [4.69, 9.17) is 0 Å². The van der Waals surface area contributed by atoms with Crippen molar-refractivity contribution >= 4 is 11.4 Å². The lowest BCUT2D eigenvalue weighted by Crippen LogP contribution is -2.07. The first-order valence-electron chi connectivity index (χ1n) is 4.93. The average Bonchev–Trinajstić information content (AvgIpc) is 2.93. The quantitative estimate of drug-likeness (QED) is 0.458. The summed E-state index contributed by atoms with van der Waals surface area (Å²) in [6.07, 6.45) is -4.56. The molecule has 1 atom stereocenters. The van der Waals surface area contributed by atoms with Crippen LogP contribution >= 0.6 is 0 Å². The van der Waals surface area contributed by atoms with Crippen LogP contribution in [0, 0.1) is 10.1 Å². The molecule has 1 fully saturated rings. The highest BCUT2D eigenvalue weighted by molar-refractivity contribution is 5.68. The highest BCUT2D eigenvalue weighted by Gasteiger charge is 2.37. The minimum Gasteiger partial charge on any atom is -0.359 e. The molecule has 0 bridgehead atoms. The predicted octanol–water partition coefficient (Wildman–Crippen LogP) is 2.82. The number of nitro benzene ring substituents is 1. The van der Waals surface area contributed by atoms with Crippen LogP contribution < -0.4 is 4.90 Å². The van der Waals surface area contributed by atoms with Crippen LogP contribution in [0.4, 0.5) is 24.5 Å². The molecule has 17 heavy (non-hydrogen) atoms. The SMILES string of the molecule is CC1CN1c1ccc(C(F)(F)F)cc1[N+](=O)[O-]. The fraction of sp³-hybridized carbons (Fsp3) is 0.400. The molecule has 1 aromatic carbocycles. The molecular weight excluding hydrogens is 237 g/mol. The molecule has 0 N–H and O–H groups in total. The zero-order chi connectivity index (χ0) is 12.8. The second-order valence-corrected chi connectivity index (χ2v) is 3.96. The minimum absolute atomic E-state index is 0.144. The van der Waals surface area contributed by atoms with Gasteiger partial charge in [0, 0.05) is 18.7 Å². The smallest absolute Gasteiger partial charge is 0.359 e. The molecule has 4 nitrogen and oxygen atoms in total. The summed E-state index contributed by atoms with van der Waals surface area (Å²) in [5, 5.41) is 10.8. The van der Waals surface area contributed by atoms with Gasteiger partial charge in [-0.05, 0) is 19.1 Å². The Labute approximate surface area is 94.8 Å². The molecular formula is C10H9F3N2O2. The van der Waals surface area contributed by atoms with Gasteiger partial charge in [-0.3, -0.25) is 10.1 Å². The van der Waals surface area contributed by atoms with Gasteiger partial charge >= 0.3 is 6.18 Å². The zero-order valence-corrected chi connectivity index (χ0v) is 8.86. The van der Waals surface area contributed by atoms with Gasteiger partial charge in [-0.2, -0.15) is 13.2 Å². The fourth-order valence-electron chi connectivity index (χ4n) is 1.66. The van der Waals surface area contributed by atoms with Crippen LogP contribution in [0.25, 0.3) is 0 Å². The molecule has 92 valence electrons. The summed E-state index contributed by atoms with van der Waals surface area (Å²) in [5.41, 5.74) is -1.25. The Kier molecular flexibility index (Phi) is 2.48. The molecule has 1 saturated heterocycles. The Morgan fingerprint density at radius 1 is 1.47 bits per heavy atom. The Morgan fingerprint density at radius 2 is 2.06 bits per heavy atom. The Bertz CT molecular complexity index is 473. The molecule has 0 radical (unpaired) electrons. The van der Waals surface area contributed by atoms with Crippen LogP contribution in [0.15, 0.2) is 18.2 Å².